The maximum absolute atomic E-state index is 5.60. The average Bonchev–Trinajstić information content (AvgIpc) is 3.14. The molecule has 1 unspecified atom stereocenters. The molecule has 0 aliphatic carbocycles. The average molecular weight is 400 g/mol. The van der Waals surface area contributed by atoms with Gasteiger partial charge in [0, 0.05) is 42.8 Å². The first-order chi connectivity index (χ1) is 13.3. The van der Waals surface area contributed by atoms with Gasteiger partial charge in [0.15, 0.2) is 0 Å². The molecule has 1 aliphatic rings. The van der Waals surface area contributed by atoms with E-state index in [0.717, 1.165) is 45.8 Å². The van der Waals surface area contributed by atoms with Crippen LogP contribution in [0.5, 0.6) is 0 Å². The molecule has 0 saturated carbocycles. The number of hydrogen-bond donors (Lipinski definition) is 1. The van der Waals surface area contributed by atoms with Gasteiger partial charge in [-0.05, 0) is 37.2 Å². The number of nitrogens with one attached hydrogen (secondary N) is 1. The number of hydrogen-bond acceptors (Lipinski definition) is 3. The molecule has 0 spiro atoms. The minimum Gasteiger partial charge on any atom is -0.379 e. The Morgan fingerprint density at radius 2 is 1.75 bits per heavy atom. The van der Waals surface area contributed by atoms with Gasteiger partial charge in [0.1, 0.15) is 0 Å². The van der Waals surface area contributed by atoms with Crippen molar-refractivity contribution < 1.29 is 4.74 Å². The van der Waals surface area contributed by atoms with Gasteiger partial charge in [-0.15, -0.1) is 12.4 Å². The lowest BCUT2D eigenvalue weighted by molar-refractivity contribution is 0.0127. The number of ether oxygens (including phenoxy) is 1. The molecule has 3 aromatic rings. The highest BCUT2D eigenvalue weighted by molar-refractivity contribution is 5.85. The van der Waals surface area contributed by atoms with E-state index in [-0.39, 0.29) is 12.4 Å². The van der Waals surface area contributed by atoms with Crippen LogP contribution in [-0.2, 0) is 11.3 Å². The Morgan fingerprint density at radius 3 is 2.54 bits per heavy atom. The first kappa shape index (κ1) is 20.9. The van der Waals surface area contributed by atoms with E-state index in [2.05, 4.69) is 82.6 Å². The van der Waals surface area contributed by atoms with E-state index in [1.54, 1.807) is 0 Å². The second kappa shape index (κ2) is 10.1. The predicted molar refractivity (Wildman–Crippen MR) is 118 cm³/mol. The van der Waals surface area contributed by atoms with Gasteiger partial charge in [0.2, 0.25) is 0 Å². The van der Waals surface area contributed by atoms with Crippen LogP contribution in [0.3, 0.4) is 0 Å². The molecule has 2 aromatic carbocycles. The van der Waals surface area contributed by atoms with Crippen LogP contribution in [0, 0.1) is 0 Å². The Bertz CT molecular complexity index is 845. The molecule has 1 fully saturated rings. The molecule has 1 saturated heterocycles. The second-order valence-electron chi connectivity index (χ2n) is 7.47. The Labute approximate surface area is 173 Å². The van der Waals surface area contributed by atoms with Gasteiger partial charge in [0.25, 0.3) is 0 Å². The fourth-order valence-electron chi connectivity index (χ4n) is 4.11. The summed E-state index contributed by atoms with van der Waals surface area (Å²) >= 11 is 0. The third-order valence-corrected chi connectivity index (χ3v) is 5.55. The van der Waals surface area contributed by atoms with Crippen molar-refractivity contribution in [3.8, 4) is 0 Å². The molecule has 1 atom stereocenters. The monoisotopic (exact) mass is 399 g/mol. The summed E-state index contributed by atoms with van der Waals surface area (Å²) in [6.07, 6.45) is 3.33. The molecule has 0 radical (unpaired) electrons. The lowest BCUT2D eigenvalue weighted by Crippen LogP contribution is -2.40. The number of nitrogens with zero attached hydrogens (tertiary/aromatic N) is 2. The Hall–Kier alpha value is -1.85. The lowest BCUT2D eigenvalue weighted by atomic mass is 10.00. The molecule has 4 rings (SSSR count). The first-order valence-electron chi connectivity index (χ1n) is 9.91. The fourth-order valence-corrected chi connectivity index (χ4v) is 4.11. The van der Waals surface area contributed by atoms with E-state index in [0.29, 0.717) is 6.04 Å². The van der Waals surface area contributed by atoms with Crippen LogP contribution in [0.25, 0.3) is 10.9 Å². The molecule has 1 aromatic heterocycles. The highest BCUT2D eigenvalue weighted by Crippen LogP contribution is 2.31. The number of fused-ring (bicyclic) bond motifs is 1. The molecule has 28 heavy (non-hydrogen) atoms. The van der Waals surface area contributed by atoms with E-state index < -0.39 is 0 Å². The SMILES string of the molecule is CN(CCC(c1c[nH]c2ccccc12)N1CCOCC1)Cc1ccccc1.Cl. The van der Waals surface area contributed by atoms with E-state index in [9.17, 15) is 0 Å². The maximum Gasteiger partial charge on any atom is 0.0594 e. The number of morpholine rings is 1. The van der Waals surface area contributed by atoms with Crippen LogP contribution >= 0.6 is 12.4 Å². The third-order valence-electron chi connectivity index (χ3n) is 5.55. The molecule has 5 heteroatoms. The summed E-state index contributed by atoms with van der Waals surface area (Å²) in [5.74, 6) is 0. The maximum atomic E-state index is 5.60. The molecule has 0 amide bonds. The number of para-hydroxylation sites is 1. The van der Waals surface area contributed by atoms with Crippen molar-refractivity contribution in [3.05, 3.63) is 71.9 Å². The van der Waals surface area contributed by atoms with Gasteiger partial charge < -0.3 is 14.6 Å². The number of aromatic nitrogens is 1. The molecule has 0 bridgehead atoms. The summed E-state index contributed by atoms with van der Waals surface area (Å²) in [6.45, 7) is 5.73. The fraction of sp³-hybridized carbons (Fsp3) is 0.391. The minimum absolute atomic E-state index is 0. The number of halogens is 1. The van der Waals surface area contributed by atoms with Crippen LogP contribution in [0.15, 0.2) is 60.8 Å². The quantitative estimate of drug-likeness (QED) is 0.635. The standard InChI is InChI=1S/C23H29N3O.ClH/c1-25(18-19-7-3-2-4-8-19)12-11-23(26-13-15-27-16-14-26)21-17-24-22-10-6-5-9-20(21)22;/h2-10,17,23-24H,11-16,18H2,1H3;1H. The first-order valence-corrected chi connectivity index (χ1v) is 9.91. The lowest BCUT2D eigenvalue weighted by Gasteiger charge is -2.35. The third kappa shape index (κ3) is 4.95. The van der Waals surface area contributed by atoms with Crippen molar-refractivity contribution in [2.45, 2.75) is 19.0 Å². The molecule has 150 valence electrons. The molecular weight excluding hydrogens is 370 g/mol. The highest BCUT2D eigenvalue weighted by Gasteiger charge is 2.25. The summed E-state index contributed by atoms with van der Waals surface area (Å²) in [7, 11) is 2.22. The van der Waals surface area contributed by atoms with Crippen LogP contribution in [0.4, 0.5) is 0 Å². The molecular formula is C23H30ClN3O. The van der Waals surface area contributed by atoms with Gasteiger partial charge in [0.05, 0.1) is 13.2 Å². The number of aromatic amines is 1. The number of rotatable bonds is 7. The molecule has 1 aliphatic heterocycles. The molecule has 2 heterocycles. The minimum atomic E-state index is 0. The highest BCUT2D eigenvalue weighted by atomic mass is 35.5. The van der Waals surface area contributed by atoms with Crippen molar-refractivity contribution in [1.82, 2.24) is 14.8 Å². The Morgan fingerprint density at radius 1 is 1.04 bits per heavy atom. The van der Waals surface area contributed by atoms with Crippen LogP contribution in [-0.4, -0.2) is 54.7 Å². The summed E-state index contributed by atoms with van der Waals surface area (Å²) in [6, 6.07) is 19.8. The zero-order valence-corrected chi connectivity index (χ0v) is 17.3. The summed E-state index contributed by atoms with van der Waals surface area (Å²) in [5, 5.41) is 1.35. The van der Waals surface area contributed by atoms with Crippen LogP contribution in [0.1, 0.15) is 23.6 Å². The summed E-state index contributed by atoms with van der Waals surface area (Å²) in [5.41, 5.74) is 4.01. The Balaban J connectivity index is 0.00000225. The zero-order valence-electron chi connectivity index (χ0n) is 16.5. The van der Waals surface area contributed by atoms with Crippen molar-refractivity contribution in [2.75, 3.05) is 39.9 Å². The summed E-state index contributed by atoms with van der Waals surface area (Å²) < 4.78 is 5.60. The van der Waals surface area contributed by atoms with Crippen LogP contribution < -0.4 is 0 Å². The van der Waals surface area contributed by atoms with E-state index >= 15 is 0 Å². The number of H-pyrrole nitrogens is 1. The van der Waals surface area contributed by atoms with Crippen molar-refractivity contribution in [1.29, 1.82) is 0 Å². The van der Waals surface area contributed by atoms with Crippen molar-refractivity contribution in [2.24, 2.45) is 0 Å². The van der Waals surface area contributed by atoms with Crippen molar-refractivity contribution >= 4 is 23.3 Å². The topological polar surface area (TPSA) is 31.5 Å². The largest absolute Gasteiger partial charge is 0.379 e. The summed E-state index contributed by atoms with van der Waals surface area (Å²) in [4.78, 5) is 8.48. The Kier molecular flexibility index (Phi) is 7.51. The van der Waals surface area contributed by atoms with Crippen molar-refractivity contribution in [3.63, 3.8) is 0 Å². The van der Waals surface area contributed by atoms with Gasteiger partial charge >= 0.3 is 0 Å². The van der Waals surface area contributed by atoms with Gasteiger partial charge in [-0.3, -0.25) is 4.90 Å². The van der Waals surface area contributed by atoms with E-state index in [1.165, 1.54) is 22.0 Å². The van der Waals surface area contributed by atoms with Gasteiger partial charge in [-0.1, -0.05) is 48.5 Å². The normalized spacial score (nSPS) is 16.2. The van der Waals surface area contributed by atoms with Gasteiger partial charge in [-0.2, -0.15) is 0 Å². The molecule has 4 nitrogen and oxygen atoms in total. The van der Waals surface area contributed by atoms with E-state index in [4.69, 9.17) is 4.74 Å². The predicted octanol–water partition coefficient (Wildman–Crippen LogP) is 4.49. The zero-order chi connectivity index (χ0) is 18.5. The second-order valence-corrected chi connectivity index (χ2v) is 7.47. The molecule has 1 N–H and O–H groups in total. The smallest absolute Gasteiger partial charge is 0.0594 e. The van der Waals surface area contributed by atoms with Crippen LogP contribution in [0.2, 0.25) is 0 Å². The number of benzene rings is 2. The van der Waals surface area contributed by atoms with Gasteiger partial charge in [-0.25, -0.2) is 0 Å². The van der Waals surface area contributed by atoms with E-state index in [1.807, 2.05) is 0 Å².